The van der Waals surface area contributed by atoms with Gasteiger partial charge in [0.25, 0.3) is 0 Å². The first-order chi connectivity index (χ1) is 10.8. The average Bonchev–Trinajstić information content (AvgIpc) is 3.09. The van der Waals surface area contributed by atoms with Crippen molar-refractivity contribution >= 4 is 23.1 Å². The van der Waals surface area contributed by atoms with Gasteiger partial charge in [-0.3, -0.25) is 9.78 Å². The van der Waals surface area contributed by atoms with Gasteiger partial charge in [0.05, 0.1) is 11.1 Å². The number of carbonyl (C=O) groups excluding carboxylic acids is 1. The normalized spacial score (nSPS) is 10.4. The first-order valence-electron chi connectivity index (χ1n) is 6.88. The molecule has 0 unspecified atom stereocenters. The molecule has 6 heteroatoms. The van der Waals surface area contributed by atoms with Crippen molar-refractivity contribution in [2.24, 2.45) is 0 Å². The number of amides is 1. The summed E-state index contributed by atoms with van der Waals surface area (Å²) in [6.07, 6.45) is 6.36. The van der Waals surface area contributed by atoms with Crippen molar-refractivity contribution in [1.82, 2.24) is 14.6 Å². The molecule has 5 nitrogen and oxygen atoms in total. The number of pyridine rings is 1. The van der Waals surface area contributed by atoms with Crippen LogP contribution in [0.2, 0.25) is 0 Å². The lowest BCUT2D eigenvalue weighted by molar-refractivity contribution is -0.116. The van der Waals surface area contributed by atoms with Crippen LogP contribution >= 0.6 is 11.5 Å². The zero-order valence-electron chi connectivity index (χ0n) is 11.8. The standard InChI is InChI=1S/C16H14N4OS/c21-16(8-3-12-2-1-9-17-10-12)19-14-6-4-13(5-7-14)15-11-18-20-22-15/h1-2,4-7,9-11H,3,8H2,(H,19,21). The molecule has 0 aliphatic heterocycles. The van der Waals surface area contributed by atoms with Gasteiger partial charge >= 0.3 is 0 Å². The first-order valence-corrected chi connectivity index (χ1v) is 7.65. The molecule has 0 aliphatic rings. The van der Waals surface area contributed by atoms with Crippen molar-refractivity contribution < 1.29 is 4.79 Å². The number of rotatable bonds is 5. The Morgan fingerprint density at radius 2 is 2.00 bits per heavy atom. The van der Waals surface area contributed by atoms with Gasteiger partial charge in [-0.15, -0.1) is 5.10 Å². The number of aryl methyl sites for hydroxylation is 1. The van der Waals surface area contributed by atoms with E-state index < -0.39 is 0 Å². The molecule has 0 bridgehead atoms. The zero-order valence-corrected chi connectivity index (χ0v) is 12.6. The molecule has 0 saturated carbocycles. The number of carbonyl (C=O) groups is 1. The molecule has 0 aliphatic carbocycles. The van der Waals surface area contributed by atoms with Crippen LogP contribution in [0, 0.1) is 0 Å². The van der Waals surface area contributed by atoms with E-state index in [2.05, 4.69) is 19.9 Å². The van der Waals surface area contributed by atoms with Crippen LogP contribution < -0.4 is 5.32 Å². The Hall–Kier alpha value is -2.60. The summed E-state index contributed by atoms with van der Waals surface area (Å²) >= 11 is 1.35. The van der Waals surface area contributed by atoms with Crippen LogP contribution in [0.4, 0.5) is 5.69 Å². The monoisotopic (exact) mass is 310 g/mol. The second-order valence-electron chi connectivity index (χ2n) is 4.77. The molecule has 0 atom stereocenters. The minimum atomic E-state index is -0.00365. The van der Waals surface area contributed by atoms with Crippen molar-refractivity contribution in [3.63, 3.8) is 0 Å². The van der Waals surface area contributed by atoms with E-state index in [1.165, 1.54) is 11.5 Å². The number of anilines is 1. The van der Waals surface area contributed by atoms with E-state index in [-0.39, 0.29) is 5.91 Å². The molecule has 0 saturated heterocycles. The number of hydrogen-bond donors (Lipinski definition) is 1. The first kappa shape index (κ1) is 14.3. The topological polar surface area (TPSA) is 67.8 Å². The second kappa shape index (κ2) is 6.91. The minimum Gasteiger partial charge on any atom is -0.326 e. The van der Waals surface area contributed by atoms with E-state index in [0.717, 1.165) is 21.7 Å². The van der Waals surface area contributed by atoms with E-state index in [1.807, 2.05) is 36.4 Å². The van der Waals surface area contributed by atoms with E-state index in [0.29, 0.717) is 12.8 Å². The molecule has 3 rings (SSSR count). The molecule has 3 aromatic rings. The van der Waals surface area contributed by atoms with Crippen LogP contribution in [0.5, 0.6) is 0 Å². The maximum atomic E-state index is 11.9. The highest BCUT2D eigenvalue weighted by Crippen LogP contribution is 2.23. The molecule has 2 aromatic heterocycles. The fraction of sp³-hybridized carbons (Fsp3) is 0.125. The van der Waals surface area contributed by atoms with E-state index in [1.54, 1.807) is 18.6 Å². The summed E-state index contributed by atoms with van der Waals surface area (Å²) in [4.78, 5) is 17.0. The molecule has 22 heavy (non-hydrogen) atoms. The Kier molecular flexibility index (Phi) is 4.50. The number of nitrogens with zero attached hydrogens (tertiary/aromatic N) is 3. The van der Waals surface area contributed by atoms with E-state index in [4.69, 9.17) is 0 Å². The number of benzene rings is 1. The van der Waals surface area contributed by atoms with Crippen molar-refractivity contribution in [3.05, 3.63) is 60.6 Å². The predicted molar refractivity (Wildman–Crippen MR) is 86.5 cm³/mol. The highest BCUT2D eigenvalue weighted by Gasteiger charge is 2.05. The largest absolute Gasteiger partial charge is 0.326 e. The molecule has 1 amide bonds. The molecular formula is C16H14N4OS. The van der Waals surface area contributed by atoms with Gasteiger partial charge in [0.2, 0.25) is 5.91 Å². The summed E-state index contributed by atoms with van der Waals surface area (Å²) in [7, 11) is 0. The van der Waals surface area contributed by atoms with Crippen LogP contribution in [-0.2, 0) is 11.2 Å². The number of nitrogens with one attached hydrogen (secondary N) is 1. The van der Waals surface area contributed by atoms with Crippen LogP contribution in [0.25, 0.3) is 10.4 Å². The molecule has 110 valence electrons. The van der Waals surface area contributed by atoms with Gasteiger partial charge in [0.15, 0.2) is 0 Å². The molecule has 0 fully saturated rings. The summed E-state index contributed by atoms with van der Waals surface area (Å²) in [5.41, 5.74) is 2.89. The summed E-state index contributed by atoms with van der Waals surface area (Å²) in [5, 5.41) is 6.71. The Bertz CT molecular complexity index is 727. The molecule has 1 N–H and O–H groups in total. The lowest BCUT2D eigenvalue weighted by Gasteiger charge is -2.06. The quantitative estimate of drug-likeness (QED) is 0.786. The Morgan fingerprint density at radius 3 is 2.68 bits per heavy atom. The summed E-state index contributed by atoms with van der Waals surface area (Å²) in [5.74, 6) is -0.00365. The lowest BCUT2D eigenvalue weighted by atomic mass is 10.1. The van der Waals surface area contributed by atoms with Crippen LogP contribution in [0.1, 0.15) is 12.0 Å². The highest BCUT2D eigenvalue weighted by molar-refractivity contribution is 7.09. The molecule has 1 aromatic carbocycles. The highest BCUT2D eigenvalue weighted by atomic mass is 32.1. The zero-order chi connectivity index (χ0) is 15.2. The summed E-state index contributed by atoms with van der Waals surface area (Å²) < 4.78 is 3.84. The van der Waals surface area contributed by atoms with Crippen molar-refractivity contribution in [2.75, 3.05) is 5.32 Å². The van der Waals surface area contributed by atoms with E-state index >= 15 is 0 Å². The second-order valence-corrected chi connectivity index (χ2v) is 5.55. The molecule has 0 radical (unpaired) electrons. The SMILES string of the molecule is O=C(CCc1cccnc1)Nc1ccc(-c2cnns2)cc1. The third-order valence-electron chi connectivity index (χ3n) is 3.18. The maximum absolute atomic E-state index is 11.9. The smallest absolute Gasteiger partial charge is 0.224 e. The molecular weight excluding hydrogens is 296 g/mol. The van der Waals surface area contributed by atoms with Gasteiger partial charge in [0, 0.05) is 24.5 Å². The van der Waals surface area contributed by atoms with Crippen molar-refractivity contribution in [3.8, 4) is 10.4 Å². The minimum absolute atomic E-state index is 0.00365. The Labute approximate surface area is 132 Å². The number of aromatic nitrogens is 3. The van der Waals surface area contributed by atoms with Gasteiger partial charge in [-0.25, -0.2) is 0 Å². The molecule has 0 spiro atoms. The van der Waals surface area contributed by atoms with Gasteiger partial charge in [-0.05, 0) is 47.3 Å². The van der Waals surface area contributed by atoms with Crippen molar-refractivity contribution in [2.45, 2.75) is 12.8 Å². The fourth-order valence-corrected chi connectivity index (χ4v) is 2.56. The van der Waals surface area contributed by atoms with Crippen molar-refractivity contribution in [1.29, 1.82) is 0 Å². The van der Waals surface area contributed by atoms with Gasteiger partial charge < -0.3 is 5.32 Å². The fourth-order valence-electron chi connectivity index (χ4n) is 2.04. The van der Waals surface area contributed by atoms with Crippen LogP contribution in [0.3, 0.4) is 0 Å². The van der Waals surface area contributed by atoms with Gasteiger partial charge in [0.1, 0.15) is 0 Å². The third-order valence-corrected chi connectivity index (χ3v) is 3.89. The van der Waals surface area contributed by atoms with Gasteiger partial charge in [-0.2, -0.15) is 0 Å². The Balaban J connectivity index is 1.55. The number of hydrogen-bond acceptors (Lipinski definition) is 5. The average molecular weight is 310 g/mol. The van der Waals surface area contributed by atoms with Crippen LogP contribution in [-0.4, -0.2) is 20.5 Å². The summed E-state index contributed by atoms with van der Waals surface area (Å²) in [6, 6.07) is 11.5. The summed E-state index contributed by atoms with van der Waals surface area (Å²) in [6.45, 7) is 0. The van der Waals surface area contributed by atoms with Gasteiger partial charge in [-0.1, -0.05) is 22.7 Å². The van der Waals surface area contributed by atoms with E-state index in [9.17, 15) is 4.79 Å². The molecule has 2 heterocycles. The predicted octanol–water partition coefficient (Wildman–Crippen LogP) is 3.17. The van der Waals surface area contributed by atoms with Crippen LogP contribution in [0.15, 0.2) is 55.0 Å². The Morgan fingerprint density at radius 1 is 1.14 bits per heavy atom. The third kappa shape index (κ3) is 3.73. The maximum Gasteiger partial charge on any atom is 0.224 e. The lowest BCUT2D eigenvalue weighted by Crippen LogP contribution is -2.12.